The fraction of sp³-hybridized carbons (Fsp3) is 0.0588. The van der Waals surface area contributed by atoms with E-state index in [1.807, 2.05) is 30.3 Å². The lowest BCUT2D eigenvalue weighted by Gasteiger charge is -2.06. The minimum absolute atomic E-state index is 0.0300. The van der Waals surface area contributed by atoms with Crippen molar-refractivity contribution >= 4 is 16.8 Å². The van der Waals surface area contributed by atoms with Crippen LogP contribution in [-0.2, 0) is 0 Å². The van der Waals surface area contributed by atoms with E-state index in [-0.39, 0.29) is 33.5 Å². The minimum atomic E-state index is -0.379. The van der Waals surface area contributed by atoms with Gasteiger partial charge in [0.05, 0.1) is 5.56 Å². The molecule has 1 N–H and O–H groups in total. The fourth-order valence-corrected chi connectivity index (χ4v) is 2.26. The zero-order chi connectivity index (χ0) is 15.0. The Bertz CT molecular complexity index is 892. The molecule has 0 aliphatic rings. The van der Waals surface area contributed by atoms with Crippen LogP contribution in [0.25, 0.3) is 22.3 Å². The number of fused-ring (bicyclic) bond motifs is 1. The summed E-state index contributed by atoms with van der Waals surface area (Å²) in [7, 11) is 0. The number of hydrogen-bond acceptors (Lipinski definition) is 4. The molecule has 21 heavy (non-hydrogen) atoms. The van der Waals surface area contributed by atoms with Gasteiger partial charge >= 0.3 is 0 Å². The van der Waals surface area contributed by atoms with Crippen molar-refractivity contribution in [2.24, 2.45) is 0 Å². The van der Waals surface area contributed by atoms with Crippen molar-refractivity contribution in [3.8, 4) is 17.1 Å². The normalized spacial score (nSPS) is 10.7. The molecule has 1 aromatic heterocycles. The summed E-state index contributed by atoms with van der Waals surface area (Å²) >= 11 is 0. The van der Waals surface area contributed by atoms with Crippen molar-refractivity contribution in [3.63, 3.8) is 0 Å². The van der Waals surface area contributed by atoms with Crippen LogP contribution >= 0.6 is 0 Å². The van der Waals surface area contributed by atoms with Gasteiger partial charge in [0.2, 0.25) is 0 Å². The van der Waals surface area contributed by atoms with Gasteiger partial charge in [0.1, 0.15) is 22.5 Å². The number of benzene rings is 2. The minimum Gasteiger partial charge on any atom is -0.506 e. The van der Waals surface area contributed by atoms with E-state index in [2.05, 4.69) is 0 Å². The monoisotopic (exact) mass is 280 g/mol. The third-order valence-electron chi connectivity index (χ3n) is 3.31. The molecular formula is C17H12O4. The highest BCUT2D eigenvalue weighted by Crippen LogP contribution is 2.29. The molecule has 4 nitrogen and oxygen atoms in total. The van der Waals surface area contributed by atoms with Crippen LogP contribution in [-0.4, -0.2) is 10.9 Å². The lowest BCUT2D eigenvalue weighted by atomic mass is 10.1. The molecule has 0 aliphatic carbocycles. The average Bonchev–Trinajstić information content (AvgIpc) is 2.47. The summed E-state index contributed by atoms with van der Waals surface area (Å²) in [4.78, 5) is 23.7. The second-order valence-corrected chi connectivity index (χ2v) is 4.73. The molecule has 0 fully saturated rings. The van der Waals surface area contributed by atoms with Gasteiger partial charge in [-0.15, -0.1) is 0 Å². The largest absolute Gasteiger partial charge is 0.506 e. The van der Waals surface area contributed by atoms with Crippen LogP contribution in [0.4, 0.5) is 0 Å². The summed E-state index contributed by atoms with van der Waals surface area (Å²) in [6.45, 7) is 1.33. The fourth-order valence-electron chi connectivity index (χ4n) is 2.26. The molecule has 0 aliphatic heterocycles. The number of phenolic OH excluding ortho intramolecular Hbond substituents is 1. The molecule has 0 bridgehead atoms. The smallest absolute Gasteiger partial charge is 0.197 e. The van der Waals surface area contributed by atoms with Crippen LogP contribution in [0.1, 0.15) is 17.3 Å². The molecule has 0 unspecified atom stereocenters. The van der Waals surface area contributed by atoms with Crippen molar-refractivity contribution in [2.75, 3.05) is 0 Å². The highest BCUT2D eigenvalue weighted by molar-refractivity contribution is 6.02. The first-order valence-electron chi connectivity index (χ1n) is 6.44. The predicted molar refractivity (Wildman–Crippen MR) is 79.6 cm³/mol. The maximum absolute atomic E-state index is 12.2. The van der Waals surface area contributed by atoms with E-state index in [4.69, 9.17) is 4.42 Å². The molecule has 4 heteroatoms. The Morgan fingerprint density at radius 1 is 1.10 bits per heavy atom. The number of phenols is 1. The maximum Gasteiger partial charge on any atom is 0.197 e. The molecule has 1 heterocycles. The number of hydrogen-bond donors (Lipinski definition) is 1. The van der Waals surface area contributed by atoms with Crippen LogP contribution in [0.15, 0.2) is 57.7 Å². The molecule has 0 radical (unpaired) electrons. The molecule has 0 spiro atoms. The van der Waals surface area contributed by atoms with Gasteiger partial charge in [-0.1, -0.05) is 30.3 Å². The van der Waals surface area contributed by atoms with Gasteiger partial charge in [0.25, 0.3) is 0 Å². The topological polar surface area (TPSA) is 67.5 Å². The van der Waals surface area contributed by atoms with Gasteiger partial charge in [0.15, 0.2) is 11.2 Å². The van der Waals surface area contributed by atoms with Crippen LogP contribution in [0.3, 0.4) is 0 Å². The predicted octanol–water partition coefficient (Wildman–Crippen LogP) is 3.37. The van der Waals surface area contributed by atoms with Gasteiger partial charge < -0.3 is 9.52 Å². The first-order valence-corrected chi connectivity index (χ1v) is 6.44. The highest BCUT2D eigenvalue weighted by atomic mass is 16.3. The maximum atomic E-state index is 12.2. The zero-order valence-electron chi connectivity index (χ0n) is 11.3. The number of carbonyl (C=O) groups is 1. The van der Waals surface area contributed by atoms with Crippen molar-refractivity contribution < 1.29 is 14.3 Å². The molecule has 104 valence electrons. The summed E-state index contributed by atoms with van der Waals surface area (Å²) < 4.78 is 5.67. The molecular weight excluding hydrogens is 268 g/mol. The second kappa shape index (κ2) is 4.90. The third kappa shape index (κ3) is 2.21. The van der Waals surface area contributed by atoms with Gasteiger partial charge in [-0.05, 0) is 19.1 Å². The first kappa shape index (κ1) is 13.1. The van der Waals surface area contributed by atoms with Crippen molar-refractivity contribution in [1.29, 1.82) is 0 Å². The number of carbonyl (C=O) groups excluding carboxylic acids is 1. The summed E-state index contributed by atoms with van der Waals surface area (Å²) in [6, 6.07) is 13.5. The molecule has 3 aromatic rings. The van der Waals surface area contributed by atoms with E-state index in [0.717, 1.165) is 5.56 Å². The van der Waals surface area contributed by atoms with Crippen molar-refractivity contribution in [2.45, 2.75) is 6.92 Å². The summed E-state index contributed by atoms with van der Waals surface area (Å²) in [5, 5.41) is 10.1. The lowest BCUT2D eigenvalue weighted by Crippen LogP contribution is -2.03. The zero-order valence-corrected chi connectivity index (χ0v) is 11.3. The van der Waals surface area contributed by atoms with Crippen molar-refractivity contribution in [1.82, 2.24) is 0 Å². The molecule has 0 saturated carbocycles. The summed E-state index contributed by atoms with van der Waals surface area (Å²) in [5.74, 6) is -0.211. The Kier molecular flexibility index (Phi) is 3.06. The number of Topliss-reactive ketones (excluding diaryl/α,β-unsaturated/α-hetero) is 1. The van der Waals surface area contributed by atoms with E-state index in [9.17, 15) is 14.7 Å². The summed E-state index contributed by atoms with van der Waals surface area (Å²) in [6.07, 6.45) is 0. The van der Waals surface area contributed by atoms with Crippen LogP contribution in [0.5, 0.6) is 5.75 Å². The van der Waals surface area contributed by atoms with Crippen LogP contribution in [0.2, 0.25) is 0 Å². The Hall–Kier alpha value is -2.88. The van der Waals surface area contributed by atoms with Crippen LogP contribution in [0, 0.1) is 0 Å². The molecule has 0 atom stereocenters. The average molecular weight is 280 g/mol. The first-order chi connectivity index (χ1) is 10.1. The van der Waals surface area contributed by atoms with Gasteiger partial charge in [-0.3, -0.25) is 9.59 Å². The Balaban J connectivity index is 2.30. The lowest BCUT2D eigenvalue weighted by molar-refractivity contribution is 0.101. The van der Waals surface area contributed by atoms with Gasteiger partial charge in [-0.25, -0.2) is 0 Å². The molecule has 2 aromatic carbocycles. The second-order valence-electron chi connectivity index (χ2n) is 4.73. The summed E-state index contributed by atoms with van der Waals surface area (Å²) in [5.41, 5.74) is 0.758. The number of rotatable bonds is 2. The standard InChI is InChI=1S/C17H12O4/c1-10(18)12-7-8-14-16(17(12)20)13(19)9-15(21-14)11-5-3-2-4-6-11/h2-9,20H,1H3. The Labute approximate surface area is 120 Å². The molecule has 0 saturated heterocycles. The van der Waals surface area contributed by atoms with E-state index < -0.39 is 0 Å². The Morgan fingerprint density at radius 2 is 1.81 bits per heavy atom. The van der Waals surface area contributed by atoms with E-state index in [0.29, 0.717) is 5.76 Å². The van der Waals surface area contributed by atoms with Gasteiger partial charge in [0, 0.05) is 11.6 Å². The SMILES string of the molecule is CC(=O)c1ccc2oc(-c3ccccc3)cc(=O)c2c1O. The molecule has 3 rings (SSSR count). The van der Waals surface area contributed by atoms with Gasteiger partial charge in [-0.2, -0.15) is 0 Å². The number of ketones is 1. The quantitative estimate of drug-likeness (QED) is 0.731. The third-order valence-corrected chi connectivity index (χ3v) is 3.31. The van der Waals surface area contributed by atoms with E-state index >= 15 is 0 Å². The Morgan fingerprint density at radius 3 is 2.48 bits per heavy atom. The van der Waals surface area contributed by atoms with E-state index in [1.165, 1.54) is 25.1 Å². The van der Waals surface area contributed by atoms with Crippen LogP contribution < -0.4 is 5.43 Å². The number of aromatic hydroxyl groups is 1. The highest BCUT2D eigenvalue weighted by Gasteiger charge is 2.15. The molecule has 0 amide bonds. The van der Waals surface area contributed by atoms with Crippen molar-refractivity contribution in [3.05, 3.63) is 64.3 Å². The van der Waals surface area contributed by atoms with E-state index in [1.54, 1.807) is 0 Å².